The van der Waals surface area contributed by atoms with Crippen LogP contribution in [0.3, 0.4) is 0 Å². The van der Waals surface area contributed by atoms with Gasteiger partial charge in [0.05, 0.1) is 17.0 Å². The van der Waals surface area contributed by atoms with Crippen LogP contribution >= 0.6 is 11.3 Å². The first kappa shape index (κ1) is 15.9. The molecule has 20 heavy (non-hydrogen) atoms. The van der Waals surface area contributed by atoms with Crippen LogP contribution in [0.25, 0.3) is 0 Å². The minimum atomic E-state index is -3.49. The average Bonchev–Trinajstić information content (AvgIpc) is 2.98. The molecule has 0 amide bonds. The maximum absolute atomic E-state index is 12.5. The molecule has 2 heterocycles. The summed E-state index contributed by atoms with van der Waals surface area (Å²) in [4.78, 5) is 1.24. The van der Waals surface area contributed by atoms with Gasteiger partial charge in [0.2, 0.25) is 10.0 Å². The molecule has 1 unspecified atom stereocenters. The van der Waals surface area contributed by atoms with Gasteiger partial charge in [0.15, 0.2) is 0 Å². The Hall–Kier alpha value is -0.470. The van der Waals surface area contributed by atoms with Crippen molar-refractivity contribution in [2.75, 3.05) is 19.8 Å². The Morgan fingerprint density at radius 1 is 1.50 bits per heavy atom. The fraction of sp³-hybridized carbons (Fsp3) is 0.692. The van der Waals surface area contributed by atoms with Crippen LogP contribution in [-0.4, -0.2) is 33.7 Å². The van der Waals surface area contributed by atoms with Crippen molar-refractivity contribution >= 4 is 21.4 Å². The van der Waals surface area contributed by atoms with Gasteiger partial charge in [-0.1, -0.05) is 6.92 Å². The van der Waals surface area contributed by atoms with E-state index in [9.17, 15) is 8.42 Å². The predicted molar refractivity (Wildman–Crippen MR) is 80.5 cm³/mol. The normalized spacial score (nSPS) is 23.3. The number of nitrogens with one attached hydrogen (secondary N) is 2. The van der Waals surface area contributed by atoms with Gasteiger partial charge in [-0.25, -0.2) is 13.1 Å². The standard InChI is InChI=1S/C13H22N2O3S2/c1-3-6-14-9-11-12(4-8-19-11)20(16,17)15-13(2)5-7-18-10-13/h4,8,14-15H,3,5-7,9-10H2,1-2H3. The van der Waals surface area contributed by atoms with Gasteiger partial charge in [-0.2, -0.15) is 0 Å². The molecule has 0 spiro atoms. The van der Waals surface area contributed by atoms with Crippen molar-refractivity contribution in [2.45, 2.75) is 43.7 Å². The van der Waals surface area contributed by atoms with Gasteiger partial charge in [-0.05, 0) is 37.8 Å². The fourth-order valence-electron chi connectivity index (χ4n) is 2.20. The SMILES string of the molecule is CCCNCc1sccc1S(=O)(=O)NC1(C)CCOC1. The van der Waals surface area contributed by atoms with Crippen molar-refractivity contribution in [3.05, 3.63) is 16.3 Å². The molecular formula is C13H22N2O3S2. The summed E-state index contributed by atoms with van der Waals surface area (Å²) >= 11 is 1.47. The van der Waals surface area contributed by atoms with Crippen LogP contribution in [0.1, 0.15) is 31.6 Å². The van der Waals surface area contributed by atoms with Crippen LogP contribution in [0.15, 0.2) is 16.3 Å². The second kappa shape index (κ2) is 6.53. The zero-order valence-electron chi connectivity index (χ0n) is 11.9. The molecule has 1 fully saturated rings. The third kappa shape index (κ3) is 3.79. The minimum Gasteiger partial charge on any atom is -0.379 e. The zero-order chi connectivity index (χ0) is 14.6. The lowest BCUT2D eigenvalue weighted by atomic mass is 10.0. The lowest BCUT2D eigenvalue weighted by Gasteiger charge is -2.23. The van der Waals surface area contributed by atoms with Crippen molar-refractivity contribution in [3.8, 4) is 0 Å². The molecular weight excluding hydrogens is 296 g/mol. The van der Waals surface area contributed by atoms with Gasteiger partial charge in [0.25, 0.3) is 0 Å². The highest BCUT2D eigenvalue weighted by atomic mass is 32.2. The quantitative estimate of drug-likeness (QED) is 0.751. The van der Waals surface area contributed by atoms with Crippen LogP contribution in [0.5, 0.6) is 0 Å². The van der Waals surface area contributed by atoms with E-state index in [0.29, 0.717) is 31.1 Å². The molecule has 2 N–H and O–H groups in total. The Bertz CT molecular complexity index is 534. The summed E-state index contributed by atoms with van der Waals surface area (Å²) in [7, 11) is -3.49. The molecule has 0 bridgehead atoms. The first-order chi connectivity index (χ1) is 9.47. The largest absolute Gasteiger partial charge is 0.379 e. The van der Waals surface area contributed by atoms with E-state index < -0.39 is 15.6 Å². The highest BCUT2D eigenvalue weighted by molar-refractivity contribution is 7.89. The van der Waals surface area contributed by atoms with E-state index in [4.69, 9.17) is 4.74 Å². The molecule has 0 aliphatic carbocycles. The molecule has 7 heteroatoms. The van der Waals surface area contributed by atoms with E-state index in [0.717, 1.165) is 17.8 Å². The van der Waals surface area contributed by atoms with Crippen LogP contribution in [0, 0.1) is 0 Å². The van der Waals surface area contributed by atoms with Gasteiger partial charge >= 0.3 is 0 Å². The third-order valence-corrected chi connectivity index (χ3v) is 6.08. The van der Waals surface area contributed by atoms with Gasteiger partial charge < -0.3 is 10.1 Å². The Morgan fingerprint density at radius 2 is 2.30 bits per heavy atom. The monoisotopic (exact) mass is 318 g/mol. The fourth-order valence-corrected chi connectivity index (χ4v) is 5.04. The average molecular weight is 318 g/mol. The maximum Gasteiger partial charge on any atom is 0.242 e. The van der Waals surface area contributed by atoms with Crippen molar-refractivity contribution < 1.29 is 13.2 Å². The van der Waals surface area contributed by atoms with E-state index >= 15 is 0 Å². The van der Waals surface area contributed by atoms with E-state index in [1.807, 2.05) is 12.3 Å². The molecule has 0 saturated carbocycles. The molecule has 1 aliphatic rings. The Morgan fingerprint density at radius 3 is 2.95 bits per heavy atom. The lowest BCUT2D eigenvalue weighted by Crippen LogP contribution is -2.46. The van der Waals surface area contributed by atoms with Gasteiger partial charge in [0, 0.05) is 18.0 Å². The Kier molecular flexibility index (Phi) is 5.19. The number of hydrogen-bond donors (Lipinski definition) is 2. The highest BCUT2D eigenvalue weighted by Crippen LogP contribution is 2.25. The lowest BCUT2D eigenvalue weighted by molar-refractivity contribution is 0.178. The summed E-state index contributed by atoms with van der Waals surface area (Å²) < 4.78 is 33.1. The van der Waals surface area contributed by atoms with Crippen molar-refractivity contribution in [1.29, 1.82) is 0 Å². The molecule has 1 aromatic heterocycles. The Labute approximate surface area is 124 Å². The molecule has 0 aromatic carbocycles. The molecule has 1 saturated heterocycles. The minimum absolute atomic E-state index is 0.388. The molecule has 5 nitrogen and oxygen atoms in total. The summed E-state index contributed by atoms with van der Waals surface area (Å²) in [6.07, 6.45) is 1.74. The maximum atomic E-state index is 12.5. The third-order valence-electron chi connectivity index (χ3n) is 3.31. The number of rotatable bonds is 7. The van der Waals surface area contributed by atoms with Crippen molar-refractivity contribution in [1.82, 2.24) is 10.0 Å². The summed E-state index contributed by atoms with van der Waals surface area (Å²) in [5, 5.41) is 5.07. The number of hydrogen-bond acceptors (Lipinski definition) is 5. The van der Waals surface area contributed by atoms with Crippen LogP contribution in [-0.2, 0) is 21.3 Å². The summed E-state index contributed by atoms with van der Waals surface area (Å²) in [5.74, 6) is 0. The van der Waals surface area contributed by atoms with E-state index in [2.05, 4.69) is 17.0 Å². The number of thiophene rings is 1. The first-order valence-corrected chi connectivity index (χ1v) is 9.22. The van der Waals surface area contributed by atoms with E-state index in [1.54, 1.807) is 6.07 Å². The van der Waals surface area contributed by atoms with Crippen LogP contribution in [0.4, 0.5) is 0 Å². The van der Waals surface area contributed by atoms with Crippen LogP contribution in [0.2, 0.25) is 0 Å². The molecule has 1 atom stereocenters. The molecule has 0 radical (unpaired) electrons. The second-order valence-corrected chi connectivity index (χ2v) is 8.01. The van der Waals surface area contributed by atoms with E-state index in [1.165, 1.54) is 11.3 Å². The van der Waals surface area contributed by atoms with Crippen molar-refractivity contribution in [2.24, 2.45) is 0 Å². The molecule has 114 valence electrons. The highest BCUT2D eigenvalue weighted by Gasteiger charge is 2.35. The number of ether oxygens (including phenoxy) is 1. The van der Waals surface area contributed by atoms with E-state index in [-0.39, 0.29) is 0 Å². The Balaban J connectivity index is 2.11. The summed E-state index contributed by atoms with van der Waals surface area (Å²) in [6.45, 7) is 6.49. The topological polar surface area (TPSA) is 67.4 Å². The summed E-state index contributed by atoms with van der Waals surface area (Å²) in [6, 6.07) is 1.68. The second-order valence-electron chi connectivity index (χ2n) is 5.35. The summed E-state index contributed by atoms with van der Waals surface area (Å²) in [5.41, 5.74) is -0.491. The molecule has 1 aromatic rings. The van der Waals surface area contributed by atoms with Gasteiger partial charge in [-0.15, -0.1) is 11.3 Å². The molecule has 2 rings (SSSR count). The number of sulfonamides is 1. The van der Waals surface area contributed by atoms with Gasteiger partial charge in [0.1, 0.15) is 0 Å². The predicted octanol–water partition coefficient (Wildman–Crippen LogP) is 1.70. The van der Waals surface area contributed by atoms with Gasteiger partial charge in [-0.3, -0.25) is 0 Å². The van der Waals surface area contributed by atoms with Crippen molar-refractivity contribution in [3.63, 3.8) is 0 Å². The molecule has 1 aliphatic heterocycles. The first-order valence-electron chi connectivity index (χ1n) is 6.86. The van der Waals surface area contributed by atoms with Crippen LogP contribution < -0.4 is 10.0 Å². The zero-order valence-corrected chi connectivity index (χ0v) is 13.6. The smallest absolute Gasteiger partial charge is 0.242 e.